The first-order chi connectivity index (χ1) is 12.5. The molecule has 0 radical (unpaired) electrons. The Hall–Kier alpha value is -2.22. The normalized spacial score (nSPS) is 18.2. The van der Waals surface area contributed by atoms with Crippen molar-refractivity contribution in [1.29, 1.82) is 0 Å². The first-order valence-electron chi connectivity index (χ1n) is 8.43. The number of carbonyl (C=O) groups is 1. The lowest BCUT2D eigenvalue weighted by Crippen LogP contribution is -2.52. The molecule has 2 N–H and O–H groups in total. The monoisotopic (exact) mass is 375 g/mol. The standard InChI is InChI=1S/C19H21NO5S/c21-18(22)17(25-26(23,24)16-9-5-2-6-10-16)19(11-13-20-14-12-19)15-7-3-1-4-8-15/h1-10,17,20H,11-14H2,(H,21,22). The number of piperidine rings is 1. The maximum Gasteiger partial charge on any atom is 0.335 e. The number of hydrogen-bond donors (Lipinski definition) is 2. The van der Waals surface area contributed by atoms with Crippen molar-refractivity contribution in [2.45, 2.75) is 29.3 Å². The van der Waals surface area contributed by atoms with Crippen LogP contribution in [0.2, 0.25) is 0 Å². The summed E-state index contributed by atoms with van der Waals surface area (Å²) >= 11 is 0. The number of aliphatic carboxylic acids is 1. The Bertz CT molecular complexity index is 846. The van der Waals surface area contributed by atoms with Gasteiger partial charge < -0.3 is 10.4 Å². The van der Waals surface area contributed by atoms with Crippen molar-refractivity contribution in [3.8, 4) is 0 Å². The molecule has 0 amide bonds. The molecule has 1 heterocycles. The molecular weight excluding hydrogens is 354 g/mol. The van der Waals surface area contributed by atoms with Gasteiger partial charge in [-0.25, -0.2) is 4.79 Å². The molecule has 26 heavy (non-hydrogen) atoms. The second-order valence-electron chi connectivity index (χ2n) is 6.35. The van der Waals surface area contributed by atoms with Gasteiger partial charge >= 0.3 is 5.97 Å². The first kappa shape index (κ1) is 18.6. The van der Waals surface area contributed by atoms with Crippen LogP contribution < -0.4 is 5.32 Å². The molecule has 1 unspecified atom stereocenters. The molecule has 1 atom stereocenters. The highest BCUT2D eigenvalue weighted by Crippen LogP contribution is 2.39. The topological polar surface area (TPSA) is 92.7 Å². The fraction of sp³-hybridized carbons (Fsp3) is 0.316. The van der Waals surface area contributed by atoms with Gasteiger partial charge in [0.05, 0.1) is 4.90 Å². The fourth-order valence-corrected chi connectivity index (χ4v) is 4.61. The van der Waals surface area contributed by atoms with Crippen molar-refractivity contribution in [1.82, 2.24) is 5.32 Å². The van der Waals surface area contributed by atoms with Crippen LogP contribution in [0.1, 0.15) is 18.4 Å². The summed E-state index contributed by atoms with van der Waals surface area (Å²) in [6.07, 6.45) is -0.562. The molecule has 0 spiro atoms. The summed E-state index contributed by atoms with van der Waals surface area (Å²) in [7, 11) is -4.20. The predicted octanol–water partition coefficient (Wildman–Crippen LogP) is 2.17. The molecule has 138 valence electrons. The van der Waals surface area contributed by atoms with Gasteiger partial charge in [0, 0.05) is 5.41 Å². The Labute approximate surface area is 152 Å². The molecular formula is C19H21NO5S. The number of benzene rings is 2. The van der Waals surface area contributed by atoms with E-state index in [1.54, 1.807) is 18.2 Å². The van der Waals surface area contributed by atoms with E-state index in [2.05, 4.69) is 5.32 Å². The molecule has 0 bridgehead atoms. The molecule has 0 aliphatic carbocycles. The minimum atomic E-state index is -4.20. The molecule has 0 saturated carbocycles. The number of hydrogen-bond acceptors (Lipinski definition) is 5. The maximum atomic E-state index is 12.7. The zero-order chi connectivity index (χ0) is 18.6. The summed E-state index contributed by atoms with van der Waals surface area (Å²) in [5.74, 6) is -1.28. The second kappa shape index (κ2) is 7.57. The molecule has 0 aromatic heterocycles. The molecule has 1 aliphatic rings. The lowest BCUT2D eigenvalue weighted by atomic mass is 9.69. The van der Waals surface area contributed by atoms with Crippen LogP contribution in [0.25, 0.3) is 0 Å². The number of rotatable bonds is 6. The zero-order valence-electron chi connectivity index (χ0n) is 14.2. The molecule has 2 aromatic rings. The Morgan fingerprint density at radius 2 is 1.54 bits per heavy atom. The van der Waals surface area contributed by atoms with Crippen molar-refractivity contribution in [2.75, 3.05) is 13.1 Å². The highest BCUT2D eigenvalue weighted by Gasteiger charge is 2.48. The van der Waals surface area contributed by atoms with Crippen LogP contribution in [0.3, 0.4) is 0 Å². The van der Waals surface area contributed by atoms with Crippen LogP contribution in [-0.2, 0) is 24.5 Å². The van der Waals surface area contributed by atoms with Crippen molar-refractivity contribution in [3.05, 3.63) is 66.2 Å². The largest absolute Gasteiger partial charge is 0.479 e. The summed E-state index contributed by atoms with van der Waals surface area (Å²) in [5, 5.41) is 13.1. The summed E-state index contributed by atoms with van der Waals surface area (Å²) in [6.45, 7) is 1.18. The maximum absolute atomic E-state index is 12.7. The average Bonchev–Trinajstić information content (AvgIpc) is 2.68. The average molecular weight is 375 g/mol. The van der Waals surface area contributed by atoms with E-state index in [1.807, 2.05) is 30.3 Å². The van der Waals surface area contributed by atoms with Gasteiger partial charge in [-0.2, -0.15) is 8.42 Å². The predicted molar refractivity (Wildman–Crippen MR) is 96.4 cm³/mol. The molecule has 1 aliphatic heterocycles. The molecule has 3 rings (SSSR count). The molecule has 1 saturated heterocycles. The van der Waals surface area contributed by atoms with Crippen molar-refractivity contribution < 1.29 is 22.5 Å². The molecule has 6 nitrogen and oxygen atoms in total. The van der Waals surface area contributed by atoms with Crippen molar-refractivity contribution in [3.63, 3.8) is 0 Å². The number of carboxylic acid groups (broad SMARTS) is 1. The van der Waals surface area contributed by atoms with Gasteiger partial charge in [0.2, 0.25) is 0 Å². The first-order valence-corrected chi connectivity index (χ1v) is 9.84. The molecule has 7 heteroatoms. The van der Waals surface area contributed by atoms with E-state index in [1.165, 1.54) is 12.1 Å². The van der Waals surface area contributed by atoms with E-state index in [-0.39, 0.29) is 4.90 Å². The summed E-state index contributed by atoms with van der Waals surface area (Å²) < 4.78 is 30.7. The highest BCUT2D eigenvalue weighted by molar-refractivity contribution is 7.86. The zero-order valence-corrected chi connectivity index (χ0v) is 15.0. The van der Waals surface area contributed by atoms with Gasteiger partial charge in [-0.15, -0.1) is 0 Å². The molecule has 2 aromatic carbocycles. The van der Waals surface area contributed by atoms with Gasteiger partial charge in [-0.05, 0) is 43.6 Å². The van der Waals surface area contributed by atoms with Crippen LogP contribution in [-0.4, -0.2) is 38.7 Å². The fourth-order valence-electron chi connectivity index (χ4n) is 3.48. The summed E-state index contributed by atoms with van der Waals surface area (Å²) in [4.78, 5) is 12.0. The van der Waals surface area contributed by atoms with Gasteiger partial charge in [-0.1, -0.05) is 48.5 Å². The Morgan fingerprint density at radius 1 is 1.00 bits per heavy atom. The van der Waals surface area contributed by atoms with Crippen molar-refractivity contribution in [2.24, 2.45) is 0 Å². The van der Waals surface area contributed by atoms with Gasteiger partial charge in [-0.3, -0.25) is 4.18 Å². The van der Waals surface area contributed by atoms with E-state index in [9.17, 15) is 18.3 Å². The van der Waals surface area contributed by atoms with Gasteiger partial charge in [0.25, 0.3) is 10.1 Å². The third-order valence-corrected chi connectivity index (χ3v) is 6.12. The van der Waals surface area contributed by atoms with E-state index in [0.29, 0.717) is 25.9 Å². The van der Waals surface area contributed by atoms with Gasteiger partial charge in [0.1, 0.15) is 0 Å². The lowest BCUT2D eigenvalue weighted by molar-refractivity contribution is -0.149. The Balaban J connectivity index is 2.03. The van der Waals surface area contributed by atoms with E-state index in [4.69, 9.17) is 4.18 Å². The minimum absolute atomic E-state index is 0.0524. The number of carboxylic acids is 1. The van der Waals surface area contributed by atoms with Crippen LogP contribution in [0.4, 0.5) is 0 Å². The summed E-state index contributed by atoms with van der Waals surface area (Å²) in [6, 6.07) is 16.8. The van der Waals surface area contributed by atoms with Crippen LogP contribution >= 0.6 is 0 Å². The second-order valence-corrected chi connectivity index (χ2v) is 7.93. The quantitative estimate of drug-likeness (QED) is 0.752. The summed E-state index contributed by atoms with van der Waals surface area (Å²) in [5.41, 5.74) is -0.141. The van der Waals surface area contributed by atoms with E-state index in [0.717, 1.165) is 5.56 Å². The molecule has 1 fully saturated rings. The SMILES string of the molecule is O=C(O)C(OS(=O)(=O)c1ccccc1)C1(c2ccccc2)CCNCC1. The third kappa shape index (κ3) is 3.65. The van der Waals surface area contributed by atoms with Gasteiger partial charge in [0.15, 0.2) is 6.10 Å². The Kier molecular flexibility index (Phi) is 5.41. The highest BCUT2D eigenvalue weighted by atomic mass is 32.2. The van der Waals surface area contributed by atoms with E-state index < -0.39 is 27.6 Å². The third-order valence-electron chi connectivity index (χ3n) is 4.83. The van der Waals surface area contributed by atoms with Crippen LogP contribution in [0.15, 0.2) is 65.6 Å². The minimum Gasteiger partial charge on any atom is -0.479 e. The Morgan fingerprint density at radius 3 is 2.08 bits per heavy atom. The van der Waals surface area contributed by atoms with Crippen LogP contribution in [0, 0.1) is 0 Å². The van der Waals surface area contributed by atoms with Crippen molar-refractivity contribution >= 4 is 16.1 Å². The number of nitrogens with one attached hydrogen (secondary N) is 1. The van der Waals surface area contributed by atoms with Crippen LogP contribution in [0.5, 0.6) is 0 Å². The van der Waals surface area contributed by atoms with E-state index >= 15 is 0 Å². The smallest absolute Gasteiger partial charge is 0.335 e. The lowest BCUT2D eigenvalue weighted by Gasteiger charge is -2.41.